The van der Waals surface area contributed by atoms with Crippen LogP contribution in [0.25, 0.3) is 107 Å². The molecule has 61 heavy (non-hydrogen) atoms. The van der Waals surface area contributed by atoms with Crippen molar-refractivity contribution in [3.8, 4) is 85.1 Å². The summed E-state index contributed by atoms with van der Waals surface area (Å²) in [6.45, 7) is 0. The van der Waals surface area contributed by atoms with Crippen molar-refractivity contribution in [1.82, 2.24) is 34.5 Å². The molecule has 0 spiro atoms. The van der Waals surface area contributed by atoms with Crippen LogP contribution >= 0.6 is 0 Å². The Kier molecular flexibility index (Phi) is 9.02. The van der Waals surface area contributed by atoms with Crippen LogP contribution in [-0.4, -0.2) is 34.5 Å². The van der Waals surface area contributed by atoms with Gasteiger partial charge >= 0.3 is 0 Å². The van der Waals surface area contributed by atoms with Crippen molar-refractivity contribution in [2.45, 2.75) is 0 Å². The summed E-state index contributed by atoms with van der Waals surface area (Å²) < 4.78 is 2.36. The first kappa shape index (κ1) is 35.7. The van der Waals surface area contributed by atoms with Gasteiger partial charge in [0.15, 0.2) is 34.9 Å². The highest BCUT2D eigenvalue weighted by Crippen LogP contribution is 2.41. The Balaban J connectivity index is 1.23. The Hall–Kier alpha value is -8.42. The molecule has 0 fully saturated rings. The smallest absolute Gasteiger partial charge is 0.166 e. The lowest BCUT2D eigenvalue weighted by molar-refractivity contribution is 1.06. The first-order chi connectivity index (χ1) is 30.2. The zero-order chi connectivity index (χ0) is 40.5. The number of benzene rings is 8. The van der Waals surface area contributed by atoms with E-state index in [1.807, 2.05) is 121 Å². The van der Waals surface area contributed by atoms with E-state index in [0.717, 1.165) is 72.0 Å². The molecule has 7 heteroatoms. The van der Waals surface area contributed by atoms with Crippen molar-refractivity contribution >= 4 is 21.8 Å². The van der Waals surface area contributed by atoms with Gasteiger partial charge in [0.2, 0.25) is 0 Å². The molecule has 0 radical (unpaired) electrons. The molecule has 0 amide bonds. The third-order valence-corrected chi connectivity index (χ3v) is 10.9. The number of para-hydroxylation sites is 2. The monoisotopic (exact) mass is 781 g/mol. The quantitative estimate of drug-likeness (QED) is 0.153. The molecule has 11 aromatic rings. The number of fused-ring (bicyclic) bond motifs is 3. The highest BCUT2D eigenvalue weighted by molar-refractivity contribution is 6.14. The van der Waals surface area contributed by atoms with Crippen LogP contribution < -0.4 is 0 Å². The second-order valence-corrected chi connectivity index (χ2v) is 14.7. The molecule has 0 aliphatic heterocycles. The molecule has 8 aromatic carbocycles. The number of hydrogen-bond acceptors (Lipinski definition) is 6. The summed E-state index contributed by atoms with van der Waals surface area (Å²) >= 11 is 0. The molecule has 0 N–H and O–H groups in total. The molecule has 0 unspecified atom stereocenters. The first-order valence-electron chi connectivity index (χ1n) is 20.2. The van der Waals surface area contributed by atoms with Crippen LogP contribution in [-0.2, 0) is 0 Å². The number of aromatic nitrogens is 7. The fourth-order valence-corrected chi connectivity index (χ4v) is 8.03. The zero-order valence-corrected chi connectivity index (χ0v) is 32.8. The van der Waals surface area contributed by atoms with Crippen molar-refractivity contribution in [3.63, 3.8) is 0 Å². The van der Waals surface area contributed by atoms with Crippen LogP contribution in [0.3, 0.4) is 0 Å². The fraction of sp³-hybridized carbons (Fsp3) is 0. The Bertz CT molecular complexity index is 3220. The Morgan fingerprint density at radius 1 is 0.262 bits per heavy atom. The Labute approximate surface area is 352 Å². The fourth-order valence-electron chi connectivity index (χ4n) is 8.03. The second kappa shape index (κ2) is 15.4. The van der Waals surface area contributed by atoms with Gasteiger partial charge in [-0.3, -0.25) is 0 Å². The van der Waals surface area contributed by atoms with Crippen LogP contribution in [0.5, 0.6) is 0 Å². The van der Waals surface area contributed by atoms with Crippen molar-refractivity contribution in [2.24, 2.45) is 0 Å². The van der Waals surface area contributed by atoms with E-state index < -0.39 is 0 Å². The predicted molar refractivity (Wildman–Crippen MR) is 246 cm³/mol. The van der Waals surface area contributed by atoms with E-state index in [4.69, 9.17) is 29.9 Å². The van der Waals surface area contributed by atoms with Gasteiger partial charge in [0.05, 0.1) is 16.7 Å². The lowest BCUT2D eigenvalue weighted by atomic mass is 10.0. The van der Waals surface area contributed by atoms with Crippen LogP contribution in [0.15, 0.2) is 212 Å². The number of hydrogen-bond donors (Lipinski definition) is 0. The van der Waals surface area contributed by atoms with Crippen molar-refractivity contribution in [3.05, 3.63) is 212 Å². The minimum Gasteiger partial charge on any atom is -0.308 e. The highest BCUT2D eigenvalue weighted by atomic mass is 15.1. The van der Waals surface area contributed by atoms with Crippen molar-refractivity contribution < 1.29 is 0 Å². The Morgan fingerprint density at radius 2 is 0.656 bits per heavy atom. The van der Waals surface area contributed by atoms with Gasteiger partial charge in [-0.1, -0.05) is 194 Å². The first-order valence-corrected chi connectivity index (χ1v) is 20.2. The summed E-state index contributed by atoms with van der Waals surface area (Å²) in [6.07, 6.45) is 0. The van der Waals surface area contributed by atoms with Crippen molar-refractivity contribution in [2.75, 3.05) is 0 Å². The SMILES string of the molecule is c1ccc(-c2nc(-c3ccccc3)nc(-c3ccc(-c4nc(-c5ccccc5)nc(-c5ccccc5)n4)c(-n4c5ccccc5c5cccc(-c6ccccc6)c54)c3)n2)cc1. The summed E-state index contributed by atoms with van der Waals surface area (Å²) in [5, 5.41) is 2.27. The molecule has 286 valence electrons. The summed E-state index contributed by atoms with van der Waals surface area (Å²) in [5.74, 6) is 3.46. The van der Waals surface area contributed by atoms with Crippen LogP contribution in [0.2, 0.25) is 0 Å². The zero-order valence-electron chi connectivity index (χ0n) is 32.8. The predicted octanol–water partition coefficient (Wildman–Crippen LogP) is 12.8. The minimum absolute atomic E-state index is 0.544. The molecule has 0 aliphatic rings. The van der Waals surface area contributed by atoms with Gasteiger partial charge in [-0.05, 0) is 23.8 Å². The topological polar surface area (TPSA) is 82.3 Å². The van der Waals surface area contributed by atoms with E-state index in [0.29, 0.717) is 34.9 Å². The van der Waals surface area contributed by atoms with E-state index in [-0.39, 0.29) is 0 Å². The minimum atomic E-state index is 0.544. The molecule has 0 atom stereocenters. The molecule has 0 saturated carbocycles. The van der Waals surface area contributed by atoms with Crippen LogP contribution in [0.1, 0.15) is 0 Å². The van der Waals surface area contributed by atoms with Crippen LogP contribution in [0.4, 0.5) is 0 Å². The maximum absolute atomic E-state index is 5.24. The summed E-state index contributed by atoms with van der Waals surface area (Å²) in [4.78, 5) is 30.8. The van der Waals surface area contributed by atoms with Gasteiger partial charge < -0.3 is 4.57 Å². The van der Waals surface area contributed by atoms with Crippen LogP contribution in [0, 0.1) is 0 Å². The third-order valence-electron chi connectivity index (χ3n) is 10.9. The van der Waals surface area contributed by atoms with Gasteiger partial charge in [0.25, 0.3) is 0 Å². The highest BCUT2D eigenvalue weighted by Gasteiger charge is 2.23. The maximum Gasteiger partial charge on any atom is 0.166 e. The summed E-state index contributed by atoms with van der Waals surface area (Å²) in [5.41, 5.74) is 10.5. The van der Waals surface area contributed by atoms with E-state index in [9.17, 15) is 0 Å². The molecule has 7 nitrogen and oxygen atoms in total. The summed E-state index contributed by atoms with van der Waals surface area (Å²) in [6, 6.07) is 72.3. The molecular weight excluding hydrogens is 747 g/mol. The molecular formula is C54H35N7. The third kappa shape index (κ3) is 6.70. The largest absolute Gasteiger partial charge is 0.308 e. The standard InChI is InChI=1S/C54H35N7/c1-6-19-36(20-7-1)42-30-18-31-44-43-29-16-17-32-46(43)61(48(42)44)47-35-41(53-57-49(37-21-8-2-9-22-37)55-50(58-53)38-23-10-3-11-24-38)33-34-45(47)54-59-51(39-25-12-4-13-26-39)56-52(60-54)40-27-14-5-15-28-40/h1-35H. The lowest BCUT2D eigenvalue weighted by Gasteiger charge is -2.17. The van der Waals surface area contributed by atoms with Gasteiger partial charge in [-0.2, -0.15) is 0 Å². The molecule has 0 aliphatic carbocycles. The lowest BCUT2D eigenvalue weighted by Crippen LogP contribution is -2.05. The maximum atomic E-state index is 5.24. The summed E-state index contributed by atoms with van der Waals surface area (Å²) in [7, 11) is 0. The normalized spacial score (nSPS) is 11.3. The van der Waals surface area contributed by atoms with Gasteiger partial charge in [-0.15, -0.1) is 0 Å². The van der Waals surface area contributed by atoms with Gasteiger partial charge in [-0.25, -0.2) is 29.9 Å². The molecule has 0 bridgehead atoms. The number of nitrogens with zero attached hydrogens (tertiary/aromatic N) is 7. The van der Waals surface area contributed by atoms with Gasteiger partial charge in [0.1, 0.15) is 0 Å². The number of rotatable bonds is 8. The molecule has 3 heterocycles. The van der Waals surface area contributed by atoms with E-state index in [1.165, 1.54) is 0 Å². The molecule has 3 aromatic heterocycles. The van der Waals surface area contributed by atoms with Crippen molar-refractivity contribution in [1.29, 1.82) is 0 Å². The van der Waals surface area contributed by atoms with E-state index in [1.54, 1.807) is 0 Å². The van der Waals surface area contributed by atoms with E-state index >= 15 is 0 Å². The van der Waals surface area contributed by atoms with E-state index in [2.05, 4.69) is 95.6 Å². The Morgan fingerprint density at radius 3 is 1.15 bits per heavy atom. The average Bonchev–Trinajstić information content (AvgIpc) is 3.69. The molecule has 11 rings (SSSR count). The second-order valence-electron chi connectivity index (χ2n) is 14.7. The average molecular weight is 782 g/mol. The molecule has 0 saturated heterocycles. The van der Waals surface area contributed by atoms with Gasteiger partial charge in [0, 0.05) is 49.7 Å².